The van der Waals surface area contributed by atoms with E-state index in [0.29, 0.717) is 37.6 Å². The maximum atomic E-state index is 10.9. The van der Waals surface area contributed by atoms with Gasteiger partial charge in [-0.05, 0) is 25.0 Å². The first-order valence-electron chi connectivity index (χ1n) is 5.88. The van der Waals surface area contributed by atoms with Crippen molar-refractivity contribution in [1.29, 1.82) is 0 Å². The average Bonchev–Trinajstić information content (AvgIpc) is 2.38. The number of pyridine rings is 1. The SMILES string of the molecule is NCC1(c2cccc(Cl)n2)CCN(C(=O)O)CC1. The molecule has 6 heteroatoms. The largest absolute Gasteiger partial charge is 0.465 e. The van der Waals surface area contributed by atoms with Crippen LogP contribution < -0.4 is 5.73 Å². The average molecular weight is 270 g/mol. The highest BCUT2D eigenvalue weighted by Gasteiger charge is 2.37. The van der Waals surface area contributed by atoms with Crippen molar-refractivity contribution >= 4 is 17.7 Å². The quantitative estimate of drug-likeness (QED) is 0.801. The molecule has 5 nitrogen and oxygen atoms in total. The van der Waals surface area contributed by atoms with Gasteiger partial charge >= 0.3 is 6.09 Å². The third-order valence-electron chi connectivity index (χ3n) is 3.64. The summed E-state index contributed by atoms with van der Waals surface area (Å²) >= 11 is 5.91. The van der Waals surface area contributed by atoms with Crippen LogP contribution in [0.25, 0.3) is 0 Å². The molecule has 1 aromatic heterocycles. The molecule has 18 heavy (non-hydrogen) atoms. The predicted octanol–water partition coefficient (Wildman–Crippen LogP) is 1.71. The molecule has 3 N–H and O–H groups in total. The Morgan fingerprint density at radius 3 is 2.67 bits per heavy atom. The fourth-order valence-electron chi connectivity index (χ4n) is 2.39. The van der Waals surface area contributed by atoms with E-state index in [1.807, 2.05) is 12.1 Å². The fraction of sp³-hybridized carbons (Fsp3) is 0.500. The van der Waals surface area contributed by atoms with Gasteiger partial charge in [0.25, 0.3) is 0 Å². The summed E-state index contributed by atoms with van der Waals surface area (Å²) in [6.45, 7) is 1.43. The molecule has 2 heterocycles. The van der Waals surface area contributed by atoms with Crippen LogP contribution in [-0.2, 0) is 5.41 Å². The fourth-order valence-corrected chi connectivity index (χ4v) is 2.56. The molecule has 98 valence electrons. The zero-order valence-corrected chi connectivity index (χ0v) is 10.7. The van der Waals surface area contributed by atoms with E-state index in [4.69, 9.17) is 22.4 Å². The number of amides is 1. The number of halogens is 1. The Morgan fingerprint density at radius 2 is 2.17 bits per heavy atom. The highest BCUT2D eigenvalue weighted by molar-refractivity contribution is 6.29. The molecule has 0 spiro atoms. The Labute approximate surface area is 111 Å². The predicted molar refractivity (Wildman–Crippen MR) is 68.8 cm³/mol. The van der Waals surface area contributed by atoms with Gasteiger partial charge in [0.05, 0.1) is 0 Å². The zero-order chi connectivity index (χ0) is 13.2. The maximum absolute atomic E-state index is 10.9. The lowest BCUT2D eigenvalue weighted by molar-refractivity contribution is 0.116. The minimum absolute atomic E-state index is 0.253. The van der Waals surface area contributed by atoms with E-state index < -0.39 is 6.09 Å². The molecule has 0 radical (unpaired) electrons. The summed E-state index contributed by atoms with van der Waals surface area (Å²) < 4.78 is 0. The van der Waals surface area contributed by atoms with Crippen LogP contribution in [0, 0.1) is 0 Å². The zero-order valence-electron chi connectivity index (χ0n) is 9.97. The van der Waals surface area contributed by atoms with Crippen LogP contribution in [0.5, 0.6) is 0 Å². The normalized spacial score (nSPS) is 18.7. The summed E-state index contributed by atoms with van der Waals surface area (Å²) in [5.74, 6) is 0. The Bertz CT molecular complexity index is 445. The number of aromatic nitrogens is 1. The molecule has 2 rings (SSSR count). The molecule has 0 aromatic carbocycles. The molecule has 0 saturated carbocycles. The topological polar surface area (TPSA) is 79.5 Å². The van der Waals surface area contributed by atoms with Crippen molar-refractivity contribution in [3.05, 3.63) is 29.0 Å². The van der Waals surface area contributed by atoms with Crippen molar-refractivity contribution in [3.8, 4) is 0 Å². The summed E-state index contributed by atoms with van der Waals surface area (Å²) in [6.07, 6.45) is 0.492. The standard InChI is InChI=1S/C12H16ClN3O2/c13-10-3-1-2-9(15-10)12(8-14)4-6-16(7-5-12)11(17)18/h1-3H,4-8,14H2,(H,17,18). The first-order valence-corrected chi connectivity index (χ1v) is 6.26. The summed E-state index contributed by atoms with van der Waals surface area (Å²) in [5, 5.41) is 9.40. The third kappa shape index (κ3) is 2.42. The van der Waals surface area contributed by atoms with E-state index in [0.717, 1.165) is 5.69 Å². The Hall–Kier alpha value is -1.33. The summed E-state index contributed by atoms with van der Waals surface area (Å²) in [4.78, 5) is 16.6. The Balaban J connectivity index is 2.21. The molecule has 0 bridgehead atoms. The number of hydrogen-bond donors (Lipinski definition) is 2. The van der Waals surface area contributed by atoms with Crippen LogP contribution in [0.4, 0.5) is 4.79 Å². The van der Waals surface area contributed by atoms with Crippen LogP contribution in [0.1, 0.15) is 18.5 Å². The van der Waals surface area contributed by atoms with Crippen LogP contribution in [0.2, 0.25) is 5.15 Å². The number of carbonyl (C=O) groups is 1. The second kappa shape index (κ2) is 5.12. The van der Waals surface area contributed by atoms with Crippen LogP contribution in [-0.4, -0.2) is 40.7 Å². The molecule has 1 aliphatic heterocycles. The lowest BCUT2D eigenvalue weighted by atomic mass is 9.75. The van der Waals surface area contributed by atoms with Crippen LogP contribution in [0.3, 0.4) is 0 Å². The van der Waals surface area contributed by atoms with Gasteiger partial charge in [-0.1, -0.05) is 17.7 Å². The molecule has 1 aliphatic rings. The monoisotopic (exact) mass is 269 g/mol. The second-order valence-electron chi connectivity index (χ2n) is 4.60. The van der Waals surface area contributed by atoms with Gasteiger partial charge in [0, 0.05) is 30.7 Å². The van der Waals surface area contributed by atoms with Crippen molar-refractivity contribution in [2.24, 2.45) is 5.73 Å². The van der Waals surface area contributed by atoms with Crippen molar-refractivity contribution in [2.45, 2.75) is 18.3 Å². The van der Waals surface area contributed by atoms with Crippen LogP contribution >= 0.6 is 11.6 Å². The lowest BCUT2D eigenvalue weighted by Crippen LogP contribution is -2.48. The molecule has 0 aliphatic carbocycles. The molecular weight excluding hydrogens is 254 g/mol. The van der Waals surface area contributed by atoms with Crippen LogP contribution in [0.15, 0.2) is 18.2 Å². The summed E-state index contributed by atoms with van der Waals surface area (Å²) in [5.41, 5.74) is 6.50. The van der Waals surface area contributed by atoms with Gasteiger partial charge < -0.3 is 15.7 Å². The Morgan fingerprint density at radius 1 is 1.50 bits per heavy atom. The number of hydrogen-bond acceptors (Lipinski definition) is 3. The first kappa shape index (κ1) is 13.1. The summed E-state index contributed by atoms with van der Waals surface area (Å²) in [6, 6.07) is 5.49. The molecular formula is C12H16ClN3O2. The van der Waals surface area contributed by atoms with E-state index in [1.54, 1.807) is 6.07 Å². The number of carboxylic acid groups (broad SMARTS) is 1. The Kier molecular flexibility index (Phi) is 3.73. The van der Waals surface area contributed by atoms with Gasteiger partial charge in [0.15, 0.2) is 0 Å². The van der Waals surface area contributed by atoms with Crippen molar-refractivity contribution in [2.75, 3.05) is 19.6 Å². The second-order valence-corrected chi connectivity index (χ2v) is 4.99. The molecule has 0 atom stereocenters. The van der Waals surface area contributed by atoms with E-state index in [2.05, 4.69) is 4.98 Å². The summed E-state index contributed by atoms with van der Waals surface area (Å²) in [7, 11) is 0. The maximum Gasteiger partial charge on any atom is 0.407 e. The van der Waals surface area contributed by atoms with E-state index >= 15 is 0 Å². The number of rotatable bonds is 2. The smallest absolute Gasteiger partial charge is 0.407 e. The van der Waals surface area contributed by atoms with Crippen molar-refractivity contribution in [1.82, 2.24) is 9.88 Å². The molecule has 1 aromatic rings. The number of nitrogens with zero attached hydrogens (tertiary/aromatic N) is 2. The van der Waals surface area contributed by atoms with Crippen molar-refractivity contribution < 1.29 is 9.90 Å². The number of nitrogens with two attached hydrogens (primary N) is 1. The first-order chi connectivity index (χ1) is 8.57. The minimum Gasteiger partial charge on any atom is -0.465 e. The third-order valence-corrected chi connectivity index (χ3v) is 3.85. The molecule has 1 saturated heterocycles. The van der Waals surface area contributed by atoms with Crippen molar-refractivity contribution in [3.63, 3.8) is 0 Å². The van der Waals surface area contributed by atoms with Gasteiger partial charge in [0.2, 0.25) is 0 Å². The van der Waals surface area contributed by atoms with Gasteiger partial charge in [-0.3, -0.25) is 0 Å². The minimum atomic E-state index is -0.875. The van der Waals surface area contributed by atoms with Gasteiger partial charge in [-0.15, -0.1) is 0 Å². The molecule has 1 fully saturated rings. The van der Waals surface area contributed by atoms with Gasteiger partial charge in [-0.25, -0.2) is 9.78 Å². The molecule has 0 unspecified atom stereocenters. The van der Waals surface area contributed by atoms with Gasteiger partial charge in [-0.2, -0.15) is 0 Å². The molecule has 1 amide bonds. The van der Waals surface area contributed by atoms with E-state index in [9.17, 15) is 4.79 Å². The highest BCUT2D eigenvalue weighted by atomic mass is 35.5. The van der Waals surface area contributed by atoms with Gasteiger partial charge in [0.1, 0.15) is 5.15 Å². The lowest BCUT2D eigenvalue weighted by Gasteiger charge is -2.39. The number of piperidine rings is 1. The van der Waals surface area contributed by atoms with E-state index in [1.165, 1.54) is 4.90 Å². The highest BCUT2D eigenvalue weighted by Crippen LogP contribution is 2.34. The number of likely N-dealkylation sites (tertiary alicyclic amines) is 1. The van der Waals surface area contributed by atoms with E-state index in [-0.39, 0.29) is 5.41 Å².